The zero-order valence-corrected chi connectivity index (χ0v) is 29.3. The minimum Gasteiger partial charge on any atom is -0.496 e. The molecule has 270 valence electrons. The van der Waals surface area contributed by atoms with E-state index in [4.69, 9.17) is 9.26 Å². The van der Waals surface area contributed by atoms with Gasteiger partial charge in [0.25, 0.3) is 5.91 Å². The van der Waals surface area contributed by atoms with Crippen molar-refractivity contribution in [3.05, 3.63) is 95.4 Å². The van der Waals surface area contributed by atoms with Crippen LogP contribution in [-0.2, 0) is 40.4 Å². The lowest BCUT2D eigenvalue weighted by atomic mass is 10.0. The van der Waals surface area contributed by atoms with E-state index in [0.29, 0.717) is 37.6 Å². The average Bonchev–Trinajstić information content (AvgIpc) is 3.80. The smallest absolute Gasteiger partial charge is 0.274 e. The van der Waals surface area contributed by atoms with E-state index < -0.39 is 35.8 Å². The third kappa shape index (κ3) is 10.5. The third-order valence-corrected chi connectivity index (χ3v) is 8.44. The Morgan fingerprint density at radius 1 is 0.922 bits per heavy atom. The molecule has 3 heterocycles. The zero-order chi connectivity index (χ0) is 36.3. The van der Waals surface area contributed by atoms with Crippen molar-refractivity contribution in [2.75, 3.05) is 20.2 Å². The number of benzene rings is 2. The summed E-state index contributed by atoms with van der Waals surface area (Å²) in [6.45, 7) is 7.19. The third-order valence-electron chi connectivity index (χ3n) is 8.44. The number of amides is 4. The van der Waals surface area contributed by atoms with Crippen LogP contribution in [0.1, 0.15) is 60.1 Å². The molecule has 0 saturated carbocycles. The van der Waals surface area contributed by atoms with Gasteiger partial charge in [0, 0.05) is 37.7 Å². The monoisotopic (exact) mass is 699 g/mol. The highest BCUT2D eigenvalue weighted by Crippen LogP contribution is 2.22. The maximum Gasteiger partial charge on any atom is 0.274 e. The Bertz CT molecular complexity index is 1780. The summed E-state index contributed by atoms with van der Waals surface area (Å²) in [5, 5.41) is 19.5. The number of methoxy groups -OCH3 is 1. The molecule has 0 saturated heterocycles. The first-order chi connectivity index (χ1) is 24.6. The van der Waals surface area contributed by atoms with Crippen LogP contribution in [0.5, 0.6) is 5.75 Å². The van der Waals surface area contributed by atoms with E-state index in [1.807, 2.05) is 67.3 Å². The van der Waals surface area contributed by atoms with E-state index in [0.717, 1.165) is 16.7 Å². The minimum absolute atomic E-state index is 0.0128. The lowest BCUT2D eigenvalue weighted by Gasteiger charge is -2.26. The molecule has 15 heteroatoms. The molecule has 3 atom stereocenters. The highest BCUT2D eigenvalue weighted by Gasteiger charge is 2.30. The van der Waals surface area contributed by atoms with Crippen molar-refractivity contribution in [3.63, 3.8) is 0 Å². The molecule has 2 bridgehead atoms. The highest BCUT2D eigenvalue weighted by molar-refractivity contribution is 5.97. The molecule has 0 aliphatic carbocycles. The lowest BCUT2D eigenvalue weighted by molar-refractivity contribution is -0.132. The highest BCUT2D eigenvalue weighted by atomic mass is 16.5. The SMILES string of the molecule is COc1ccc(CN2CCNC(=O)[C@@H](Cc3ccccc3)NC(=O)[C@@H](CC(C)C)NC(=O)[C@@H](C)NC(=O)c3cc(on3)C2)cc1Cn1cncn1. The first-order valence-electron chi connectivity index (χ1n) is 17.0. The normalized spacial score (nSPS) is 19.7. The molecule has 0 unspecified atom stereocenters. The van der Waals surface area contributed by atoms with E-state index in [1.54, 1.807) is 18.1 Å². The van der Waals surface area contributed by atoms with Crippen LogP contribution in [0.3, 0.4) is 0 Å². The number of aromatic nitrogens is 4. The zero-order valence-electron chi connectivity index (χ0n) is 29.3. The van der Waals surface area contributed by atoms with Crippen LogP contribution in [0.4, 0.5) is 0 Å². The van der Waals surface area contributed by atoms with Crippen molar-refractivity contribution in [1.82, 2.24) is 46.1 Å². The molecular formula is C36H45N9O6. The van der Waals surface area contributed by atoms with Gasteiger partial charge >= 0.3 is 0 Å². The Morgan fingerprint density at radius 3 is 2.43 bits per heavy atom. The van der Waals surface area contributed by atoms with Crippen molar-refractivity contribution in [3.8, 4) is 5.75 Å². The van der Waals surface area contributed by atoms with Gasteiger partial charge in [0.05, 0.1) is 20.2 Å². The van der Waals surface area contributed by atoms with Crippen LogP contribution >= 0.6 is 0 Å². The van der Waals surface area contributed by atoms with Crippen LogP contribution in [-0.4, -0.2) is 86.8 Å². The summed E-state index contributed by atoms with van der Waals surface area (Å²) in [7, 11) is 1.61. The topological polar surface area (TPSA) is 186 Å². The second kappa shape index (κ2) is 17.4. The second-order valence-corrected chi connectivity index (χ2v) is 13.1. The number of rotatable bonds is 9. The fraction of sp³-hybridized carbons (Fsp3) is 0.417. The van der Waals surface area contributed by atoms with Crippen LogP contribution in [0.25, 0.3) is 0 Å². The maximum absolute atomic E-state index is 13.7. The molecule has 51 heavy (non-hydrogen) atoms. The summed E-state index contributed by atoms with van der Waals surface area (Å²) in [5.41, 5.74) is 2.74. The fourth-order valence-corrected chi connectivity index (χ4v) is 5.86. The van der Waals surface area contributed by atoms with E-state index in [1.165, 1.54) is 19.3 Å². The molecule has 4 N–H and O–H groups in total. The predicted octanol–water partition coefficient (Wildman–Crippen LogP) is 1.83. The summed E-state index contributed by atoms with van der Waals surface area (Å²) in [5.74, 6) is -0.805. The van der Waals surface area contributed by atoms with Gasteiger partial charge < -0.3 is 30.5 Å². The molecule has 0 spiro atoms. The van der Waals surface area contributed by atoms with Gasteiger partial charge in [-0.15, -0.1) is 0 Å². The second-order valence-electron chi connectivity index (χ2n) is 13.1. The number of carbonyl (C=O) groups excluding carboxylic acids is 4. The molecule has 15 nitrogen and oxygen atoms in total. The van der Waals surface area contributed by atoms with Crippen LogP contribution in [0.15, 0.2) is 71.8 Å². The van der Waals surface area contributed by atoms with Crippen molar-refractivity contribution in [2.24, 2.45) is 5.92 Å². The summed E-state index contributed by atoms with van der Waals surface area (Å²) in [6, 6.07) is 14.0. The number of hydrogen-bond acceptors (Lipinski definition) is 10. The van der Waals surface area contributed by atoms with Gasteiger partial charge in [-0.05, 0) is 42.5 Å². The van der Waals surface area contributed by atoms with E-state index in [2.05, 4.69) is 36.5 Å². The molecule has 5 rings (SSSR count). The summed E-state index contributed by atoms with van der Waals surface area (Å²) < 4.78 is 12.9. The van der Waals surface area contributed by atoms with Gasteiger partial charge in [-0.25, -0.2) is 9.67 Å². The molecule has 4 amide bonds. The Hall–Kier alpha value is -5.57. The number of hydrogen-bond donors (Lipinski definition) is 4. The first-order valence-corrected chi connectivity index (χ1v) is 17.0. The standard InChI is InChI=1S/C36H45N9O6/c1-23(2)14-29-35(48)42-30(16-25-8-6-5-7-9-25)34(47)38-12-13-44(20-28-17-31(43-51-28)36(49)40-24(3)33(46)41-29)18-26-10-11-32(50-4)27(15-26)19-45-22-37-21-39-45/h5-11,15,17,21-24,29-30H,12-14,16,18-20H2,1-4H3,(H,38,47)(H,40,49)(H,41,46)(H,42,48)/t24-,29-,30-/m1/s1. The van der Waals surface area contributed by atoms with Gasteiger partial charge in [0.15, 0.2) is 11.5 Å². The molecule has 1 aliphatic rings. The van der Waals surface area contributed by atoms with Crippen molar-refractivity contribution < 1.29 is 28.4 Å². The summed E-state index contributed by atoms with van der Waals surface area (Å²) in [4.78, 5) is 59.8. The van der Waals surface area contributed by atoms with Gasteiger partial charge in [-0.1, -0.05) is 55.4 Å². The van der Waals surface area contributed by atoms with Crippen molar-refractivity contribution in [1.29, 1.82) is 0 Å². The van der Waals surface area contributed by atoms with E-state index in [-0.39, 0.29) is 37.0 Å². The summed E-state index contributed by atoms with van der Waals surface area (Å²) in [6.07, 6.45) is 3.68. The number of fused-ring (bicyclic) bond motifs is 2. The van der Waals surface area contributed by atoms with Crippen molar-refractivity contribution >= 4 is 23.6 Å². The first kappa shape index (κ1) is 36.7. The predicted molar refractivity (Wildman–Crippen MR) is 186 cm³/mol. The van der Waals surface area contributed by atoms with Gasteiger partial charge in [-0.3, -0.25) is 24.1 Å². The van der Waals surface area contributed by atoms with Gasteiger partial charge in [-0.2, -0.15) is 5.10 Å². The maximum atomic E-state index is 13.7. The van der Waals surface area contributed by atoms with Crippen molar-refractivity contribution in [2.45, 2.75) is 71.4 Å². The van der Waals surface area contributed by atoms with Gasteiger partial charge in [0.1, 0.15) is 36.5 Å². The number of carbonyl (C=O) groups is 4. The molecule has 4 aromatic rings. The van der Waals surface area contributed by atoms with Crippen LogP contribution in [0.2, 0.25) is 0 Å². The Morgan fingerprint density at radius 2 is 1.71 bits per heavy atom. The number of ether oxygens (including phenoxy) is 1. The minimum atomic E-state index is -0.985. The average molecular weight is 700 g/mol. The van der Waals surface area contributed by atoms with E-state index in [9.17, 15) is 19.2 Å². The number of nitrogens with zero attached hydrogens (tertiary/aromatic N) is 5. The number of nitrogens with one attached hydrogen (secondary N) is 4. The molecule has 2 aromatic heterocycles. The Balaban J connectivity index is 1.42. The van der Waals surface area contributed by atoms with Crippen LogP contribution in [0, 0.1) is 5.92 Å². The molecule has 0 radical (unpaired) electrons. The Labute approximate surface area is 296 Å². The van der Waals surface area contributed by atoms with Crippen LogP contribution < -0.4 is 26.0 Å². The molecular weight excluding hydrogens is 654 g/mol. The van der Waals surface area contributed by atoms with E-state index >= 15 is 0 Å². The summed E-state index contributed by atoms with van der Waals surface area (Å²) >= 11 is 0. The fourth-order valence-electron chi connectivity index (χ4n) is 5.86. The molecule has 1 aliphatic heterocycles. The largest absolute Gasteiger partial charge is 0.496 e. The lowest BCUT2D eigenvalue weighted by Crippen LogP contribution is -2.57. The quantitative estimate of drug-likeness (QED) is 0.201. The molecule has 2 aromatic carbocycles. The molecule has 0 fully saturated rings. The Kier molecular flexibility index (Phi) is 12.5. The van der Waals surface area contributed by atoms with Gasteiger partial charge in [0.2, 0.25) is 17.7 Å².